The van der Waals surface area contributed by atoms with Crippen LogP contribution in [-0.4, -0.2) is 37.9 Å². The molecule has 0 fully saturated rings. The molecule has 1 heterocycles. The zero-order valence-electron chi connectivity index (χ0n) is 8.60. The summed E-state index contributed by atoms with van der Waals surface area (Å²) in [7, 11) is -3.11. The fraction of sp³-hybridized carbons (Fsp3) is 0.333. The summed E-state index contributed by atoms with van der Waals surface area (Å²) in [6.45, 7) is 0.00160. The van der Waals surface area contributed by atoms with Crippen molar-refractivity contribution in [3.05, 3.63) is 29.8 Å². The first-order chi connectivity index (χ1) is 7.38. The zero-order chi connectivity index (χ0) is 12.2. The van der Waals surface area contributed by atoms with Gasteiger partial charge in [0.05, 0.1) is 5.75 Å². The summed E-state index contributed by atoms with van der Waals surface area (Å²) in [5.74, 6) is -1.42. The summed E-state index contributed by atoms with van der Waals surface area (Å²) in [6, 6.07) is 2.33. The third kappa shape index (κ3) is 4.35. The molecule has 88 valence electrons. The highest BCUT2D eigenvalue weighted by Gasteiger charge is 2.08. The second-order valence-corrected chi connectivity index (χ2v) is 5.51. The summed E-state index contributed by atoms with van der Waals surface area (Å²) in [5.41, 5.74) is 0.112. The van der Waals surface area contributed by atoms with E-state index in [0.29, 0.717) is 0 Å². The minimum Gasteiger partial charge on any atom is -0.351 e. The van der Waals surface area contributed by atoms with E-state index in [9.17, 15) is 17.6 Å². The van der Waals surface area contributed by atoms with Crippen LogP contribution >= 0.6 is 0 Å². The van der Waals surface area contributed by atoms with Crippen LogP contribution in [0.25, 0.3) is 0 Å². The molecule has 1 aromatic heterocycles. The molecule has 5 nitrogen and oxygen atoms in total. The molecule has 1 N–H and O–H groups in total. The van der Waals surface area contributed by atoms with Crippen LogP contribution in [0, 0.1) is 5.95 Å². The van der Waals surface area contributed by atoms with E-state index in [2.05, 4.69) is 10.3 Å². The fourth-order valence-corrected chi connectivity index (χ4v) is 1.47. The average Bonchev–Trinajstić information content (AvgIpc) is 2.15. The summed E-state index contributed by atoms with van der Waals surface area (Å²) >= 11 is 0. The van der Waals surface area contributed by atoms with Crippen molar-refractivity contribution in [3.63, 3.8) is 0 Å². The molecular weight excluding hydrogens is 235 g/mol. The highest BCUT2D eigenvalue weighted by Crippen LogP contribution is 1.99. The molecule has 1 rings (SSSR count). The van der Waals surface area contributed by atoms with Gasteiger partial charge in [0, 0.05) is 30.6 Å². The highest BCUT2D eigenvalue weighted by molar-refractivity contribution is 7.90. The first kappa shape index (κ1) is 12.6. The number of hydrogen-bond donors (Lipinski definition) is 1. The number of nitrogens with zero attached hydrogens (tertiary/aromatic N) is 1. The Morgan fingerprint density at radius 3 is 2.81 bits per heavy atom. The van der Waals surface area contributed by atoms with Crippen LogP contribution in [0.3, 0.4) is 0 Å². The molecule has 0 unspecified atom stereocenters. The summed E-state index contributed by atoms with van der Waals surface area (Å²) in [4.78, 5) is 14.7. The van der Waals surface area contributed by atoms with Gasteiger partial charge in [-0.2, -0.15) is 4.39 Å². The van der Waals surface area contributed by atoms with Crippen molar-refractivity contribution in [1.82, 2.24) is 10.3 Å². The maximum atomic E-state index is 12.7. The molecule has 0 spiro atoms. The van der Waals surface area contributed by atoms with Gasteiger partial charge in [-0.05, 0) is 6.07 Å². The lowest BCUT2D eigenvalue weighted by Gasteiger charge is -2.03. The minimum atomic E-state index is -3.11. The van der Waals surface area contributed by atoms with Gasteiger partial charge in [-0.3, -0.25) is 4.79 Å². The molecule has 0 saturated heterocycles. The van der Waals surface area contributed by atoms with Gasteiger partial charge in [0.1, 0.15) is 9.84 Å². The molecule has 16 heavy (non-hydrogen) atoms. The predicted octanol–water partition coefficient (Wildman–Crippen LogP) is -0.00490. The monoisotopic (exact) mass is 246 g/mol. The van der Waals surface area contributed by atoms with E-state index in [1.807, 2.05) is 0 Å². The average molecular weight is 246 g/mol. The van der Waals surface area contributed by atoms with Crippen LogP contribution in [0.15, 0.2) is 18.3 Å². The Morgan fingerprint density at radius 2 is 2.25 bits per heavy atom. The van der Waals surface area contributed by atoms with Crippen LogP contribution in [0.5, 0.6) is 0 Å². The van der Waals surface area contributed by atoms with Crippen LogP contribution in [-0.2, 0) is 9.84 Å². The van der Waals surface area contributed by atoms with Crippen LogP contribution in [0.2, 0.25) is 0 Å². The van der Waals surface area contributed by atoms with Crippen molar-refractivity contribution in [2.75, 3.05) is 18.6 Å². The van der Waals surface area contributed by atoms with Crippen molar-refractivity contribution in [2.24, 2.45) is 0 Å². The number of halogens is 1. The Bertz CT molecular complexity index is 487. The third-order valence-corrected chi connectivity index (χ3v) is 2.69. The highest BCUT2D eigenvalue weighted by atomic mass is 32.2. The topological polar surface area (TPSA) is 76.1 Å². The minimum absolute atomic E-state index is 0.00160. The Hall–Kier alpha value is -1.50. The maximum Gasteiger partial charge on any atom is 0.251 e. The summed E-state index contributed by atoms with van der Waals surface area (Å²) < 4.78 is 34.2. The molecule has 0 aliphatic carbocycles. The number of carbonyl (C=O) groups is 1. The number of hydrogen-bond acceptors (Lipinski definition) is 4. The van der Waals surface area contributed by atoms with Crippen LogP contribution in [0.1, 0.15) is 10.4 Å². The van der Waals surface area contributed by atoms with E-state index in [1.54, 1.807) is 0 Å². The number of sulfone groups is 1. The first-order valence-electron chi connectivity index (χ1n) is 4.46. The van der Waals surface area contributed by atoms with E-state index < -0.39 is 21.7 Å². The molecule has 0 aliphatic rings. The fourth-order valence-electron chi connectivity index (χ4n) is 0.996. The van der Waals surface area contributed by atoms with Gasteiger partial charge in [0.15, 0.2) is 0 Å². The molecule has 1 amide bonds. The number of pyridine rings is 1. The van der Waals surface area contributed by atoms with E-state index in [0.717, 1.165) is 12.3 Å². The number of aromatic nitrogens is 1. The molecule has 0 atom stereocenters. The molecule has 0 aromatic carbocycles. The lowest BCUT2D eigenvalue weighted by Crippen LogP contribution is -2.28. The first-order valence-corrected chi connectivity index (χ1v) is 6.52. The van der Waals surface area contributed by atoms with Gasteiger partial charge >= 0.3 is 0 Å². The number of nitrogens with one attached hydrogen (secondary N) is 1. The predicted molar refractivity (Wildman–Crippen MR) is 56.2 cm³/mol. The quantitative estimate of drug-likeness (QED) is 0.758. The number of carbonyl (C=O) groups excluding carboxylic acids is 1. The zero-order valence-corrected chi connectivity index (χ0v) is 9.42. The van der Waals surface area contributed by atoms with Gasteiger partial charge in [-0.1, -0.05) is 0 Å². The van der Waals surface area contributed by atoms with Gasteiger partial charge < -0.3 is 5.32 Å². The summed E-state index contributed by atoms with van der Waals surface area (Å²) in [5, 5.41) is 2.37. The van der Waals surface area contributed by atoms with Crippen LogP contribution < -0.4 is 5.32 Å². The van der Waals surface area contributed by atoms with Gasteiger partial charge in [0.2, 0.25) is 5.95 Å². The largest absolute Gasteiger partial charge is 0.351 e. The van der Waals surface area contributed by atoms with Crippen molar-refractivity contribution < 1.29 is 17.6 Å². The normalized spacial score (nSPS) is 11.1. The standard InChI is InChI=1S/C9H11FN2O3S/c1-16(14,15)5-4-12-9(13)7-2-3-11-8(10)6-7/h2-3,6H,4-5H2,1H3,(H,12,13). The Morgan fingerprint density at radius 1 is 1.56 bits per heavy atom. The molecule has 1 aromatic rings. The van der Waals surface area contributed by atoms with Crippen molar-refractivity contribution in [1.29, 1.82) is 0 Å². The maximum absolute atomic E-state index is 12.7. The second-order valence-electron chi connectivity index (χ2n) is 3.25. The molecule has 0 saturated carbocycles. The molecule has 0 aliphatic heterocycles. The van der Waals surface area contributed by atoms with E-state index >= 15 is 0 Å². The Balaban J connectivity index is 2.54. The molecule has 0 bridgehead atoms. The SMILES string of the molecule is CS(=O)(=O)CCNC(=O)c1ccnc(F)c1. The lowest BCUT2D eigenvalue weighted by atomic mass is 10.2. The smallest absolute Gasteiger partial charge is 0.251 e. The van der Waals surface area contributed by atoms with E-state index in [4.69, 9.17) is 0 Å². The van der Waals surface area contributed by atoms with E-state index in [-0.39, 0.29) is 17.9 Å². The van der Waals surface area contributed by atoms with Crippen LogP contribution in [0.4, 0.5) is 4.39 Å². The molecule has 7 heteroatoms. The van der Waals surface area contributed by atoms with Gasteiger partial charge in [0.25, 0.3) is 5.91 Å². The number of rotatable bonds is 4. The van der Waals surface area contributed by atoms with Crippen molar-refractivity contribution in [2.45, 2.75) is 0 Å². The van der Waals surface area contributed by atoms with Gasteiger partial charge in [-0.25, -0.2) is 13.4 Å². The van der Waals surface area contributed by atoms with Gasteiger partial charge in [-0.15, -0.1) is 0 Å². The Kier molecular flexibility index (Phi) is 3.94. The molecular formula is C9H11FN2O3S. The van der Waals surface area contributed by atoms with E-state index in [1.165, 1.54) is 12.3 Å². The Labute approximate surface area is 92.6 Å². The second kappa shape index (κ2) is 5.02. The van der Waals surface area contributed by atoms with Crippen molar-refractivity contribution >= 4 is 15.7 Å². The van der Waals surface area contributed by atoms with Crippen molar-refractivity contribution in [3.8, 4) is 0 Å². The number of amides is 1. The molecule has 0 radical (unpaired) electrons. The lowest BCUT2D eigenvalue weighted by molar-refractivity contribution is 0.0955. The third-order valence-electron chi connectivity index (χ3n) is 1.75. The summed E-state index contributed by atoms with van der Waals surface area (Å²) in [6.07, 6.45) is 2.24.